The van der Waals surface area contributed by atoms with Gasteiger partial charge >= 0.3 is 5.97 Å². The lowest BCUT2D eigenvalue weighted by Gasteiger charge is -2.10. The van der Waals surface area contributed by atoms with Crippen molar-refractivity contribution < 1.29 is 27.1 Å². The zero-order chi connectivity index (χ0) is 17.6. The predicted octanol–water partition coefficient (Wildman–Crippen LogP) is 2.57. The molecule has 2 rings (SSSR count). The zero-order valence-electron chi connectivity index (χ0n) is 12.9. The number of carbonyl (C=O) groups excluding carboxylic acids is 1. The van der Waals surface area contributed by atoms with Crippen molar-refractivity contribution in [1.29, 1.82) is 0 Å². The number of hydrogen-bond donors (Lipinski definition) is 1. The monoisotopic (exact) mass is 353 g/mol. The van der Waals surface area contributed by atoms with Gasteiger partial charge in [-0.1, -0.05) is 12.1 Å². The number of sulfonamides is 1. The molecule has 2 aromatic carbocycles. The summed E-state index contributed by atoms with van der Waals surface area (Å²) in [6.07, 6.45) is 0. The fourth-order valence-corrected chi connectivity index (χ4v) is 2.92. The third-order valence-corrected chi connectivity index (χ3v) is 4.23. The van der Waals surface area contributed by atoms with Gasteiger partial charge in [-0.2, -0.15) is 0 Å². The van der Waals surface area contributed by atoms with E-state index in [1.807, 2.05) is 0 Å². The van der Waals surface area contributed by atoms with Crippen molar-refractivity contribution in [1.82, 2.24) is 0 Å². The quantitative estimate of drug-likeness (QED) is 0.774. The standard InChI is InChI=1S/C16H16FNO5S/c1-2-22-16(19)11-23-14-7-4-6-13(10-14)18-24(20,21)15-8-3-5-12(17)9-15/h3-10,18H,2,11H2,1H3. The lowest BCUT2D eigenvalue weighted by atomic mass is 10.3. The molecule has 1 N–H and O–H groups in total. The summed E-state index contributed by atoms with van der Waals surface area (Å²) in [6.45, 7) is 1.64. The third-order valence-electron chi connectivity index (χ3n) is 2.85. The van der Waals surface area contributed by atoms with Crippen LogP contribution in [0.1, 0.15) is 6.92 Å². The molecule has 0 amide bonds. The summed E-state index contributed by atoms with van der Waals surface area (Å²) in [5.41, 5.74) is 0.223. The van der Waals surface area contributed by atoms with Crippen molar-refractivity contribution in [2.75, 3.05) is 17.9 Å². The minimum absolute atomic E-state index is 0.194. The van der Waals surface area contributed by atoms with E-state index in [1.54, 1.807) is 19.1 Å². The average molecular weight is 353 g/mol. The van der Waals surface area contributed by atoms with Gasteiger partial charge in [0.15, 0.2) is 6.61 Å². The van der Waals surface area contributed by atoms with Gasteiger partial charge in [-0.25, -0.2) is 17.6 Å². The summed E-state index contributed by atoms with van der Waals surface area (Å²) in [6, 6.07) is 10.7. The first-order chi connectivity index (χ1) is 11.4. The largest absolute Gasteiger partial charge is 0.482 e. The topological polar surface area (TPSA) is 81.7 Å². The van der Waals surface area contributed by atoms with E-state index in [0.717, 1.165) is 12.1 Å². The minimum Gasteiger partial charge on any atom is -0.482 e. The molecule has 0 aliphatic rings. The Morgan fingerprint density at radius 3 is 2.62 bits per heavy atom. The second kappa shape index (κ2) is 7.78. The number of rotatable bonds is 7. The number of carbonyl (C=O) groups is 1. The van der Waals surface area contributed by atoms with Crippen LogP contribution in [-0.4, -0.2) is 27.6 Å². The van der Waals surface area contributed by atoms with E-state index in [1.165, 1.54) is 24.3 Å². The molecular weight excluding hydrogens is 337 g/mol. The summed E-state index contributed by atoms with van der Waals surface area (Å²) >= 11 is 0. The Kier molecular flexibility index (Phi) is 5.75. The molecule has 0 aromatic heterocycles. The number of esters is 1. The van der Waals surface area contributed by atoms with Gasteiger partial charge in [0.05, 0.1) is 17.2 Å². The molecule has 0 aliphatic carbocycles. The Morgan fingerprint density at radius 1 is 1.17 bits per heavy atom. The number of benzene rings is 2. The molecule has 0 bridgehead atoms. The molecule has 0 atom stereocenters. The molecule has 0 unspecified atom stereocenters. The molecule has 0 aliphatic heterocycles. The highest BCUT2D eigenvalue weighted by Crippen LogP contribution is 2.21. The van der Waals surface area contributed by atoms with Crippen LogP contribution in [-0.2, 0) is 19.6 Å². The summed E-state index contributed by atoms with van der Waals surface area (Å²) in [7, 11) is -3.93. The maximum atomic E-state index is 13.2. The Balaban J connectivity index is 2.10. The van der Waals surface area contributed by atoms with E-state index in [0.29, 0.717) is 5.75 Å². The van der Waals surface area contributed by atoms with Crippen molar-refractivity contribution in [2.24, 2.45) is 0 Å². The molecule has 2 aromatic rings. The van der Waals surface area contributed by atoms with Crippen molar-refractivity contribution in [3.05, 3.63) is 54.3 Å². The zero-order valence-corrected chi connectivity index (χ0v) is 13.7. The van der Waals surface area contributed by atoms with Crippen LogP contribution in [0, 0.1) is 5.82 Å². The van der Waals surface area contributed by atoms with Gasteiger partial charge in [0.2, 0.25) is 0 Å². The van der Waals surface area contributed by atoms with Crippen LogP contribution in [0.25, 0.3) is 0 Å². The van der Waals surface area contributed by atoms with E-state index in [-0.39, 0.29) is 23.8 Å². The highest BCUT2D eigenvalue weighted by molar-refractivity contribution is 7.92. The van der Waals surface area contributed by atoms with Gasteiger partial charge in [0, 0.05) is 6.07 Å². The average Bonchev–Trinajstić information content (AvgIpc) is 2.53. The maximum absolute atomic E-state index is 13.2. The van der Waals surface area contributed by atoms with Gasteiger partial charge in [-0.3, -0.25) is 4.72 Å². The Hall–Kier alpha value is -2.61. The lowest BCUT2D eigenvalue weighted by molar-refractivity contribution is -0.145. The molecule has 0 saturated carbocycles. The van der Waals surface area contributed by atoms with Gasteiger partial charge in [-0.05, 0) is 37.3 Å². The molecule has 0 saturated heterocycles. The fraction of sp³-hybridized carbons (Fsp3) is 0.188. The highest BCUT2D eigenvalue weighted by atomic mass is 32.2. The van der Waals surface area contributed by atoms with Crippen molar-refractivity contribution in [3.8, 4) is 5.75 Å². The summed E-state index contributed by atoms with van der Waals surface area (Å²) < 4.78 is 49.9. The highest BCUT2D eigenvalue weighted by Gasteiger charge is 2.15. The molecule has 8 heteroatoms. The molecule has 128 valence electrons. The van der Waals surface area contributed by atoms with Crippen LogP contribution >= 0.6 is 0 Å². The van der Waals surface area contributed by atoms with Gasteiger partial charge < -0.3 is 9.47 Å². The molecule has 0 heterocycles. The predicted molar refractivity (Wildman–Crippen MR) is 85.8 cm³/mol. The SMILES string of the molecule is CCOC(=O)COc1cccc(NS(=O)(=O)c2cccc(F)c2)c1. The van der Waals surface area contributed by atoms with E-state index in [9.17, 15) is 17.6 Å². The van der Waals surface area contributed by atoms with Crippen LogP contribution in [0.4, 0.5) is 10.1 Å². The van der Waals surface area contributed by atoms with Crippen molar-refractivity contribution >= 4 is 21.7 Å². The Labute approximate surface area is 139 Å². The first kappa shape index (κ1) is 17.7. The van der Waals surface area contributed by atoms with E-state index in [4.69, 9.17) is 9.47 Å². The summed E-state index contributed by atoms with van der Waals surface area (Å²) in [4.78, 5) is 11.1. The Bertz CT molecular complexity index is 823. The van der Waals surface area contributed by atoms with Gasteiger partial charge in [-0.15, -0.1) is 0 Å². The van der Waals surface area contributed by atoms with Gasteiger partial charge in [0.25, 0.3) is 10.0 Å². The smallest absolute Gasteiger partial charge is 0.344 e. The molecule has 0 spiro atoms. The van der Waals surface area contributed by atoms with Crippen LogP contribution in [0.5, 0.6) is 5.75 Å². The minimum atomic E-state index is -3.93. The second-order valence-electron chi connectivity index (χ2n) is 4.68. The van der Waals surface area contributed by atoms with Gasteiger partial charge in [0.1, 0.15) is 11.6 Å². The number of ether oxygens (including phenoxy) is 2. The number of nitrogens with one attached hydrogen (secondary N) is 1. The molecular formula is C16H16FNO5S. The first-order valence-electron chi connectivity index (χ1n) is 7.07. The Morgan fingerprint density at radius 2 is 1.92 bits per heavy atom. The number of anilines is 1. The van der Waals surface area contributed by atoms with Crippen LogP contribution in [0.2, 0.25) is 0 Å². The molecule has 0 fully saturated rings. The summed E-state index contributed by atoms with van der Waals surface area (Å²) in [5, 5.41) is 0. The van der Waals surface area contributed by atoms with E-state index in [2.05, 4.69) is 4.72 Å². The molecule has 0 radical (unpaired) electrons. The van der Waals surface area contributed by atoms with Crippen molar-refractivity contribution in [3.63, 3.8) is 0 Å². The fourth-order valence-electron chi connectivity index (χ4n) is 1.84. The van der Waals surface area contributed by atoms with E-state index >= 15 is 0 Å². The van der Waals surface area contributed by atoms with Crippen molar-refractivity contribution in [2.45, 2.75) is 11.8 Å². The lowest BCUT2D eigenvalue weighted by Crippen LogP contribution is -2.15. The first-order valence-corrected chi connectivity index (χ1v) is 8.56. The number of halogens is 1. The molecule has 24 heavy (non-hydrogen) atoms. The molecule has 6 nitrogen and oxygen atoms in total. The van der Waals surface area contributed by atoms with Crippen LogP contribution < -0.4 is 9.46 Å². The number of hydrogen-bond acceptors (Lipinski definition) is 5. The summed E-state index contributed by atoms with van der Waals surface area (Å²) in [5.74, 6) is -0.880. The second-order valence-corrected chi connectivity index (χ2v) is 6.37. The van der Waals surface area contributed by atoms with Crippen LogP contribution in [0.15, 0.2) is 53.4 Å². The van der Waals surface area contributed by atoms with E-state index < -0.39 is 21.8 Å². The maximum Gasteiger partial charge on any atom is 0.344 e. The normalized spacial score (nSPS) is 10.9. The third kappa shape index (κ3) is 4.95. The van der Waals surface area contributed by atoms with Crippen LogP contribution in [0.3, 0.4) is 0 Å².